The van der Waals surface area contributed by atoms with Gasteiger partial charge in [0.1, 0.15) is 5.82 Å². The molecule has 0 fully saturated rings. The van der Waals surface area contributed by atoms with Crippen molar-refractivity contribution in [2.45, 2.75) is 24.6 Å². The third-order valence-electron chi connectivity index (χ3n) is 2.68. The Labute approximate surface area is 89.1 Å². The molecule has 14 heavy (non-hydrogen) atoms. The lowest BCUT2D eigenvalue weighted by atomic mass is 9.92. The molecule has 2 atom stereocenters. The summed E-state index contributed by atoms with van der Waals surface area (Å²) in [6, 6.07) is 5.22. The summed E-state index contributed by atoms with van der Waals surface area (Å²) in [4.78, 5) is 0. The molecule has 1 N–H and O–H groups in total. The van der Waals surface area contributed by atoms with Crippen LogP contribution in [0.5, 0.6) is 0 Å². The summed E-state index contributed by atoms with van der Waals surface area (Å²) in [5, 5.41) is 3.56. The van der Waals surface area contributed by atoms with Crippen LogP contribution in [0.25, 0.3) is 0 Å². The predicted octanol–water partition coefficient (Wildman–Crippen LogP) is 2.33. The number of nitrogens with one attached hydrogen (secondary N) is 1. The van der Waals surface area contributed by atoms with Crippen LogP contribution in [-0.2, 0) is 6.42 Å². The highest BCUT2D eigenvalue weighted by molar-refractivity contribution is 7.81. The zero-order chi connectivity index (χ0) is 10.1. The first-order chi connectivity index (χ1) is 6.68. The molecular formula is C11H14FNS. The Kier molecular flexibility index (Phi) is 2.79. The monoisotopic (exact) mass is 211 g/mol. The van der Waals surface area contributed by atoms with Crippen LogP contribution in [0.15, 0.2) is 18.2 Å². The fourth-order valence-electron chi connectivity index (χ4n) is 1.99. The Morgan fingerprint density at radius 3 is 3.07 bits per heavy atom. The minimum absolute atomic E-state index is 0.161. The Hall–Kier alpha value is -0.540. The van der Waals surface area contributed by atoms with E-state index in [9.17, 15) is 4.39 Å². The number of hydrogen-bond donors (Lipinski definition) is 2. The molecule has 1 aliphatic heterocycles. The van der Waals surface area contributed by atoms with Crippen LogP contribution in [0.1, 0.15) is 24.1 Å². The number of hydrogen-bond acceptors (Lipinski definition) is 2. The lowest BCUT2D eigenvalue weighted by Crippen LogP contribution is -2.34. The van der Waals surface area contributed by atoms with E-state index in [1.807, 2.05) is 13.0 Å². The van der Waals surface area contributed by atoms with Crippen molar-refractivity contribution in [3.63, 3.8) is 0 Å². The first-order valence-electron chi connectivity index (χ1n) is 4.88. The molecule has 1 aromatic rings. The molecule has 2 rings (SSSR count). The fourth-order valence-corrected chi connectivity index (χ4v) is 2.25. The van der Waals surface area contributed by atoms with Crippen molar-refractivity contribution >= 4 is 12.6 Å². The molecule has 0 aromatic heterocycles. The summed E-state index contributed by atoms with van der Waals surface area (Å²) in [5.41, 5.74) is 2.31. The molecule has 3 heteroatoms. The third kappa shape index (κ3) is 1.79. The summed E-state index contributed by atoms with van der Waals surface area (Å²) in [6.45, 7) is 2.98. The summed E-state index contributed by atoms with van der Waals surface area (Å²) in [7, 11) is 0. The third-order valence-corrected chi connectivity index (χ3v) is 2.98. The molecule has 0 bridgehead atoms. The minimum atomic E-state index is -0.161. The van der Waals surface area contributed by atoms with Gasteiger partial charge in [0, 0.05) is 11.3 Å². The average molecular weight is 211 g/mol. The van der Waals surface area contributed by atoms with Crippen molar-refractivity contribution in [2.75, 3.05) is 6.54 Å². The van der Waals surface area contributed by atoms with Gasteiger partial charge in [-0.05, 0) is 36.2 Å². The van der Waals surface area contributed by atoms with Gasteiger partial charge >= 0.3 is 0 Å². The van der Waals surface area contributed by atoms with E-state index in [0.29, 0.717) is 0 Å². The Balaban J connectivity index is 2.41. The largest absolute Gasteiger partial charge is 0.309 e. The lowest BCUT2D eigenvalue weighted by Gasteiger charge is -2.29. The molecule has 1 nitrogen and oxygen atoms in total. The van der Waals surface area contributed by atoms with Gasteiger partial charge < -0.3 is 5.32 Å². The van der Waals surface area contributed by atoms with E-state index in [4.69, 9.17) is 0 Å². The van der Waals surface area contributed by atoms with Gasteiger partial charge in [-0.2, -0.15) is 12.6 Å². The van der Waals surface area contributed by atoms with Crippen LogP contribution in [-0.4, -0.2) is 11.8 Å². The van der Waals surface area contributed by atoms with Gasteiger partial charge in [-0.1, -0.05) is 13.0 Å². The van der Waals surface area contributed by atoms with Gasteiger partial charge in [-0.15, -0.1) is 0 Å². The maximum atomic E-state index is 13.1. The van der Waals surface area contributed by atoms with Gasteiger partial charge in [0.05, 0.1) is 0 Å². The number of benzene rings is 1. The van der Waals surface area contributed by atoms with Gasteiger partial charge in [0.25, 0.3) is 0 Å². The molecular weight excluding hydrogens is 197 g/mol. The molecule has 1 aromatic carbocycles. The van der Waals surface area contributed by atoms with Crippen LogP contribution in [0.3, 0.4) is 0 Å². The van der Waals surface area contributed by atoms with Crippen LogP contribution >= 0.6 is 12.6 Å². The second-order valence-corrected chi connectivity index (χ2v) is 4.58. The molecule has 76 valence electrons. The Morgan fingerprint density at radius 1 is 1.57 bits per heavy atom. The first-order valence-corrected chi connectivity index (χ1v) is 5.40. The molecule has 0 amide bonds. The number of rotatable bonds is 1. The molecule has 1 heterocycles. The van der Waals surface area contributed by atoms with E-state index < -0.39 is 0 Å². The number of fused-ring (bicyclic) bond motifs is 1. The predicted molar refractivity (Wildman–Crippen MR) is 59.3 cm³/mol. The molecule has 0 aliphatic carbocycles. The molecule has 0 saturated carbocycles. The fraction of sp³-hybridized carbons (Fsp3) is 0.455. The molecule has 0 radical (unpaired) electrons. The van der Waals surface area contributed by atoms with E-state index in [1.165, 1.54) is 11.6 Å². The quantitative estimate of drug-likeness (QED) is 0.679. The highest BCUT2D eigenvalue weighted by atomic mass is 32.1. The zero-order valence-electron chi connectivity index (χ0n) is 8.13. The van der Waals surface area contributed by atoms with Crippen molar-refractivity contribution in [2.24, 2.45) is 0 Å². The van der Waals surface area contributed by atoms with Crippen molar-refractivity contribution in [1.29, 1.82) is 0 Å². The van der Waals surface area contributed by atoms with Gasteiger partial charge in [-0.3, -0.25) is 0 Å². The van der Waals surface area contributed by atoms with Gasteiger partial charge in [0.2, 0.25) is 0 Å². The van der Waals surface area contributed by atoms with Crippen molar-refractivity contribution < 1.29 is 4.39 Å². The maximum Gasteiger partial charge on any atom is 0.123 e. The second kappa shape index (κ2) is 3.91. The molecule has 2 unspecified atom stereocenters. The average Bonchev–Trinajstić information content (AvgIpc) is 2.16. The van der Waals surface area contributed by atoms with Crippen molar-refractivity contribution in [1.82, 2.24) is 5.32 Å². The van der Waals surface area contributed by atoms with Crippen LogP contribution in [0.2, 0.25) is 0 Å². The van der Waals surface area contributed by atoms with Gasteiger partial charge in [-0.25, -0.2) is 4.39 Å². The topological polar surface area (TPSA) is 12.0 Å². The van der Waals surface area contributed by atoms with E-state index in [0.717, 1.165) is 18.5 Å². The lowest BCUT2D eigenvalue weighted by molar-refractivity contribution is 0.497. The molecule has 0 saturated heterocycles. The smallest absolute Gasteiger partial charge is 0.123 e. The molecule has 0 spiro atoms. The van der Waals surface area contributed by atoms with Crippen LogP contribution in [0, 0.1) is 5.82 Å². The van der Waals surface area contributed by atoms with E-state index >= 15 is 0 Å². The van der Waals surface area contributed by atoms with Gasteiger partial charge in [0.15, 0.2) is 0 Å². The second-order valence-electron chi connectivity index (χ2n) is 3.77. The van der Waals surface area contributed by atoms with E-state index in [1.54, 1.807) is 6.07 Å². The van der Waals surface area contributed by atoms with Crippen LogP contribution < -0.4 is 5.32 Å². The minimum Gasteiger partial charge on any atom is -0.309 e. The number of halogens is 1. The zero-order valence-corrected chi connectivity index (χ0v) is 9.02. The normalized spacial score (nSPS) is 22.9. The highest BCUT2D eigenvalue weighted by Gasteiger charge is 2.22. The standard InChI is InChI=1S/C11H14FNS/c1-7(14)11-10-6-9(12)3-2-8(10)4-5-13-11/h2-3,6-7,11,13-14H,4-5H2,1H3. The Bertz CT molecular complexity index is 338. The van der Waals surface area contributed by atoms with Crippen LogP contribution in [0.4, 0.5) is 4.39 Å². The summed E-state index contributed by atoms with van der Waals surface area (Å²) in [5.74, 6) is -0.161. The first kappa shape index (κ1) is 9.99. The van der Waals surface area contributed by atoms with Crippen molar-refractivity contribution in [3.8, 4) is 0 Å². The van der Waals surface area contributed by atoms with Crippen molar-refractivity contribution in [3.05, 3.63) is 35.1 Å². The SMILES string of the molecule is CC(S)C1NCCc2ccc(F)cc21. The Morgan fingerprint density at radius 2 is 2.36 bits per heavy atom. The summed E-state index contributed by atoms with van der Waals surface area (Å²) < 4.78 is 13.1. The summed E-state index contributed by atoms with van der Waals surface area (Å²) >= 11 is 4.41. The molecule has 1 aliphatic rings. The highest BCUT2D eigenvalue weighted by Crippen LogP contribution is 2.28. The number of thiol groups is 1. The van der Waals surface area contributed by atoms with E-state index in [-0.39, 0.29) is 17.1 Å². The van der Waals surface area contributed by atoms with E-state index in [2.05, 4.69) is 17.9 Å². The maximum absolute atomic E-state index is 13.1. The summed E-state index contributed by atoms with van der Waals surface area (Å²) in [6.07, 6.45) is 0.979.